The van der Waals surface area contributed by atoms with Crippen molar-refractivity contribution >= 4 is 0 Å². The minimum atomic E-state index is 0.906. The molecule has 0 amide bonds. The molecular weight excluding hydrogens is 156 g/mol. The summed E-state index contributed by atoms with van der Waals surface area (Å²) >= 11 is 0. The Morgan fingerprint density at radius 1 is 0.923 bits per heavy atom. The lowest BCUT2D eigenvalue weighted by molar-refractivity contribution is 0.458. The number of rotatable bonds is 9. The molecule has 1 unspecified atom stereocenters. The average Bonchev–Trinajstić information content (AvgIpc) is 2.11. The summed E-state index contributed by atoms with van der Waals surface area (Å²) in [6, 6.07) is 0. The van der Waals surface area contributed by atoms with Crippen molar-refractivity contribution in [2.24, 2.45) is 5.92 Å². The molecule has 1 radical (unpaired) electrons. The summed E-state index contributed by atoms with van der Waals surface area (Å²) in [4.78, 5) is 0. The SMILES string of the molecule is [CH2]CCC(C)CCCCCCCC. The zero-order chi connectivity index (χ0) is 9.94. The fourth-order valence-corrected chi connectivity index (χ4v) is 1.77. The van der Waals surface area contributed by atoms with Crippen molar-refractivity contribution in [3.05, 3.63) is 6.92 Å². The molecule has 0 aliphatic heterocycles. The van der Waals surface area contributed by atoms with E-state index in [4.69, 9.17) is 0 Å². The second-order valence-electron chi connectivity index (χ2n) is 4.30. The largest absolute Gasteiger partial charge is 0.0654 e. The summed E-state index contributed by atoms with van der Waals surface area (Å²) in [6.07, 6.45) is 12.4. The Labute approximate surface area is 85.1 Å². The van der Waals surface area contributed by atoms with Crippen molar-refractivity contribution in [2.75, 3.05) is 0 Å². The van der Waals surface area contributed by atoms with Crippen molar-refractivity contribution in [3.63, 3.8) is 0 Å². The van der Waals surface area contributed by atoms with Gasteiger partial charge in [-0.05, 0) is 5.92 Å². The van der Waals surface area contributed by atoms with Crippen LogP contribution in [0.2, 0.25) is 0 Å². The van der Waals surface area contributed by atoms with E-state index < -0.39 is 0 Å². The number of hydrogen-bond acceptors (Lipinski definition) is 0. The smallest absolute Gasteiger partial charge is 0.0443 e. The highest BCUT2D eigenvalue weighted by atomic mass is 14.1. The molecule has 0 heteroatoms. The zero-order valence-corrected chi connectivity index (χ0v) is 9.65. The third-order valence-corrected chi connectivity index (χ3v) is 2.75. The molecule has 0 aromatic rings. The molecule has 0 saturated carbocycles. The van der Waals surface area contributed by atoms with E-state index in [0.29, 0.717) is 0 Å². The van der Waals surface area contributed by atoms with Crippen molar-refractivity contribution in [2.45, 2.75) is 71.6 Å². The lowest BCUT2D eigenvalue weighted by Crippen LogP contribution is -1.93. The molecule has 0 N–H and O–H groups in total. The molecule has 79 valence electrons. The van der Waals surface area contributed by atoms with Gasteiger partial charge in [-0.2, -0.15) is 0 Å². The molecule has 0 saturated heterocycles. The first-order valence-corrected chi connectivity index (χ1v) is 6.10. The van der Waals surface area contributed by atoms with Gasteiger partial charge in [0.05, 0.1) is 0 Å². The zero-order valence-electron chi connectivity index (χ0n) is 9.65. The van der Waals surface area contributed by atoms with Gasteiger partial charge in [-0.15, -0.1) is 0 Å². The average molecular weight is 183 g/mol. The van der Waals surface area contributed by atoms with Crippen LogP contribution in [0.5, 0.6) is 0 Å². The van der Waals surface area contributed by atoms with E-state index in [2.05, 4.69) is 20.8 Å². The monoisotopic (exact) mass is 183 g/mol. The first kappa shape index (κ1) is 13.0. The van der Waals surface area contributed by atoms with E-state index >= 15 is 0 Å². The first-order valence-electron chi connectivity index (χ1n) is 6.10. The first-order chi connectivity index (χ1) is 6.31. The Balaban J connectivity index is 2.97. The van der Waals surface area contributed by atoms with E-state index in [1.165, 1.54) is 51.4 Å². The maximum atomic E-state index is 3.89. The second-order valence-corrected chi connectivity index (χ2v) is 4.30. The summed E-state index contributed by atoms with van der Waals surface area (Å²) in [5.74, 6) is 0.906. The molecule has 0 aromatic heterocycles. The Bertz CT molecular complexity index is 86.0. The van der Waals surface area contributed by atoms with Gasteiger partial charge in [-0.1, -0.05) is 78.6 Å². The molecule has 0 rings (SSSR count). The molecule has 0 aromatic carbocycles. The van der Waals surface area contributed by atoms with Crippen LogP contribution in [0.1, 0.15) is 71.6 Å². The maximum Gasteiger partial charge on any atom is -0.0443 e. The van der Waals surface area contributed by atoms with E-state index in [0.717, 1.165) is 12.3 Å². The van der Waals surface area contributed by atoms with Gasteiger partial charge in [0.15, 0.2) is 0 Å². The van der Waals surface area contributed by atoms with E-state index in [-0.39, 0.29) is 0 Å². The van der Waals surface area contributed by atoms with Crippen LogP contribution >= 0.6 is 0 Å². The lowest BCUT2D eigenvalue weighted by Gasteiger charge is -2.08. The summed E-state index contributed by atoms with van der Waals surface area (Å²) < 4.78 is 0. The number of unbranched alkanes of at least 4 members (excludes halogenated alkanes) is 5. The molecule has 0 aliphatic rings. The van der Waals surface area contributed by atoms with Gasteiger partial charge in [-0.25, -0.2) is 0 Å². The summed E-state index contributed by atoms with van der Waals surface area (Å²) in [5, 5.41) is 0. The third-order valence-electron chi connectivity index (χ3n) is 2.75. The van der Waals surface area contributed by atoms with Gasteiger partial charge >= 0.3 is 0 Å². The quantitative estimate of drug-likeness (QED) is 0.442. The van der Waals surface area contributed by atoms with Gasteiger partial charge in [0.2, 0.25) is 0 Å². The maximum absolute atomic E-state index is 3.89. The van der Waals surface area contributed by atoms with Crippen LogP contribution in [0.4, 0.5) is 0 Å². The highest BCUT2D eigenvalue weighted by molar-refractivity contribution is 4.55. The molecule has 0 aliphatic carbocycles. The normalized spacial score (nSPS) is 13.2. The van der Waals surface area contributed by atoms with E-state index in [1.807, 2.05) is 0 Å². The Hall–Kier alpha value is 0. The summed E-state index contributed by atoms with van der Waals surface area (Å²) in [6.45, 7) is 8.53. The highest BCUT2D eigenvalue weighted by Gasteiger charge is 1.99. The van der Waals surface area contributed by atoms with Gasteiger partial charge < -0.3 is 0 Å². The topological polar surface area (TPSA) is 0 Å². The molecule has 0 bridgehead atoms. The van der Waals surface area contributed by atoms with E-state index in [9.17, 15) is 0 Å². The highest BCUT2D eigenvalue weighted by Crippen LogP contribution is 2.15. The second kappa shape index (κ2) is 10.1. The minimum Gasteiger partial charge on any atom is -0.0654 e. The number of hydrogen-bond donors (Lipinski definition) is 0. The van der Waals surface area contributed by atoms with Gasteiger partial charge in [0.25, 0.3) is 0 Å². The van der Waals surface area contributed by atoms with Crippen molar-refractivity contribution in [3.8, 4) is 0 Å². The van der Waals surface area contributed by atoms with Crippen molar-refractivity contribution in [1.29, 1.82) is 0 Å². The van der Waals surface area contributed by atoms with Crippen LogP contribution in [0.15, 0.2) is 0 Å². The van der Waals surface area contributed by atoms with Crippen LogP contribution in [0, 0.1) is 12.8 Å². The van der Waals surface area contributed by atoms with Gasteiger partial charge in [0, 0.05) is 0 Å². The summed E-state index contributed by atoms with van der Waals surface area (Å²) in [7, 11) is 0. The lowest BCUT2D eigenvalue weighted by atomic mass is 9.98. The molecule has 0 heterocycles. The van der Waals surface area contributed by atoms with Crippen LogP contribution in [0.3, 0.4) is 0 Å². The molecule has 13 heavy (non-hydrogen) atoms. The van der Waals surface area contributed by atoms with Crippen LogP contribution in [-0.4, -0.2) is 0 Å². The standard InChI is InChI=1S/C13H27/c1-4-6-7-8-9-10-12-13(3)11-5-2/h13H,2,4-12H2,1,3H3. The predicted molar refractivity (Wildman–Crippen MR) is 61.7 cm³/mol. The molecular formula is C13H27. The Kier molecular flexibility index (Phi) is 10.1. The molecule has 1 atom stereocenters. The van der Waals surface area contributed by atoms with Gasteiger partial charge in [0.1, 0.15) is 0 Å². The fourth-order valence-electron chi connectivity index (χ4n) is 1.77. The van der Waals surface area contributed by atoms with Crippen molar-refractivity contribution in [1.82, 2.24) is 0 Å². The molecule has 0 spiro atoms. The summed E-state index contributed by atoms with van der Waals surface area (Å²) in [5.41, 5.74) is 0. The van der Waals surface area contributed by atoms with Gasteiger partial charge in [-0.3, -0.25) is 0 Å². The minimum absolute atomic E-state index is 0.906. The van der Waals surface area contributed by atoms with Crippen LogP contribution in [-0.2, 0) is 0 Å². The molecule has 0 fully saturated rings. The predicted octanol–water partition coefficient (Wildman–Crippen LogP) is 4.99. The van der Waals surface area contributed by atoms with Crippen molar-refractivity contribution < 1.29 is 0 Å². The fraction of sp³-hybridized carbons (Fsp3) is 0.923. The van der Waals surface area contributed by atoms with E-state index in [1.54, 1.807) is 0 Å². The van der Waals surface area contributed by atoms with Crippen LogP contribution < -0.4 is 0 Å². The molecule has 0 nitrogen and oxygen atoms in total. The third kappa shape index (κ3) is 9.92. The van der Waals surface area contributed by atoms with Crippen LogP contribution in [0.25, 0.3) is 0 Å². The Morgan fingerprint density at radius 2 is 1.54 bits per heavy atom. The Morgan fingerprint density at radius 3 is 2.15 bits per heavy atom.